The van der Waals surface area contributed by atoms with E-state index < -0.39 is 28.8 Å². The van der Waals surface area contributed by atoms with Gasteiger partial charge in [0.15, 0.2) is 5.96 Å². The number of nitrogens with one attached hydrogen (secondary N) is 3. The van der Waals surface area contributed by atoms with Crippen molar-refractivity contribution in [3.8, 4) is 11.8 Å². The summed E-state index contributed by atoms with van der Waals surface area (Å²) in [6.45, 7) is 5.31. The van der Waals surface area contributed by atoms with Crippen LogP contribution in [0.5, 0.6) is 0 Å². The van der Waals surface area contributed by atoms with Crippen LogP contribution in [0.25, 0.3) is 10.9 Å². The van der Waals surface area contributed by atoms with Crippen molar-refractivity contribution >= 4 is 16.9 Å². The van der Waals surface area contributed by atoms with Crippen molar-refractivity contribution in [1.29, 1.82) is 0 Å². The summed E-state index contributed by atoms with van der Waals surface area (Å²) in [4.78, 5) is 7.87. The molecule has 1 aromatic carbocycles. The van der Waals surface area contributed by atoms with Gasteiger partial charge in [-0.2, -0.15) is 0 Å². The van der Waals surface area contributed by atoms with Crippen LogP contribution < -0.4 is 10.6 Å². The number of aliphatic imine (C=N–C) groups is 1. The van der Waals surface area contributed by atoms with Gasteiger partial charge in [0, 0.05) is 56.1 Å². The molecule has 2 saturated carbocycles. The summed E-state index contributed by atoms with van der Waals surface area (Å²) >= 11 is 0. The average molecular weight is 573 g/mol. The Kier molecular flexibility index (Phi) is 7.73. The van der Waals surface area contributed by atoms with Gasteiger partial charge in [-0.05, 0) is 67.4 Å². The number of rotatable bonds is 7. The highest BCUT2D eigenvalue weighted by molar-refractivity contribution is 5.81. The number of benzene rings is 1. The van der Waals surface area contributed by atoms with Gasteiger partial charge >= 0.3 is 0 Å². The highest BCUT2D eigenvalue weighted by Crippen LogP contribution is 2.63. The zero-order chi connectivity index (χ0) is 29.5. The smallest absolute Gasteiger partial charge is 0.191 e. The molecule has 0 spiro atoms. The first kappa shape index (κ1) is 29.0. The fourth-order valence-electron chi connectivity index (χ4n) is 8.41. The molecule has 1 aromatic heterocycles. The minimum atomic E-state index is -1.44. The predicted molar refractivity (Wildman–Crippen MR) is 165 cm³/mol. The van der Waals surface area contributed by atoms with Crippen molar-refractivity contribution in [3.05, 3.63) is 60.3 Å². The second-order valence-electron chi connectivity index (χ2n) is 13.0. The number of guanidine groups is 1. The number of hydrogen-bond donors (Lipinski definition) is 7. The van der Waals surface area contributed by atoms with E-state index in [1.165, 1.54) is 0 Å². The van der Waals surface area contributed by atoms with Crippen LogP contribution >= 0.6 is 0 Å². The molecule has 0 saturated heterocycles. The SMILES string of the molecule is C=C(Cc1cc2ccccc2[nH]1)C12CC#CC(NC(=NC)NCCCO)CC3(O)C(O)CC(C3C1)C1(O)CC=CC2C1. The van der Waals surface area contributed by atoms with Crippen LogP contribution in [0.3, 0.4) is 0 Å². The van der Waals surface area contributed by atoms with Crippen LogP contribution in [-0.4, -0.2) is 74.9 Å². The molecule has 1 heterocycles. The van der Waals surface area contributed by atoms with Crippen molar-refractivity contribution < 1.29 is 20.4 Å². The Hall–Kier alpha value is -3.09. The van der Waals surface area contributed by atoms with E-state index in [0.717, 1.165) is 22.2 Å². The largest absolute Gasteiger partial charge is 0.396 e. The molecular formula is C34H44N4O4. The molecule has 2 fully saturated rings. The highest BCUT2D eigenvalue weighted by atomic mass is 16.3. The molecule has 42 heavy (non-hydrogen) atoms. The van der Waals surface area contributed by atoms with Gasteiger partial charge in [0.25, 0.3) is 0 Å². The van der Waals surface area contributed by atoms with Crippen molar-refractivity contribution in [1.82, 2.24) is 15.6 Å². The third kappa shape index (κ3) is 4.97. The zero-order valence-electron chi connectivity index (χ0n) is 24.4. The van der Waals surface area contributed by atoms with Gasteiger partial charge in [-0.25, -0.2) is 0 Å². The maximum Gasteiger partial charge on any atom is 0.191 e. The molecule has 224 valence electrons. The number of allylic oxidation sites excluding steroid dienone is 2. The molecule has 4 bridgehead atoms. The monoisotopic (exact) mass is 572 g/mol. The Morgan fingerprint density at radius 1 is 1.19 bits per heavy atom. The second kappa shape index (κ2) is 11.2. The first-order valence-corrected chi connectivity index (χ1v) is 15.3. The number of hydrogen-bond acceptors (Lipinski definition) is 5. The van der Waals surface area contributed by atoms with Gasteiger partial charge in [0.2, 0.25) is 0 Å². The molecule has 8 nitrogen and oxygen atoms in total. The van der Waals surface area contributed by atoms with Crippen LogP contribution in [0.1, 0.15) is 50.6 Å². The first-order chi connectivity index (χ1) is 20.2. The second-order valence-corrected chi connectivity index (χ2v) is 13.0. The normalized spacial score (nSPS) is 37.2. The molecule has 6 rings (SSSR count). The molecular weight excluding hydrogens is 528 g/mol. The van der Waals surface area contributed by atoms with E-state index in [1.54, 1.807) is 7.05 Å². The fourth-order valence-corrected chi connectivity index (χ4v) is 8.41. The molecule has 7 N–H and O–H groups in total. The first-order valence-electron chi connectivity index (χ1n) is 15.3. The average Bonchev–Trinajstić information content (AvgIpc) is 3.48. The van der Waals surface area contributed by atoms with E-state index in [4.69, 9.17) is 6.58 Å². The van der Waals surface area contributed by atoms with Gasteiger partial charge in [-0.15, -0.1) is 5.92 Å². The predicted octanol–water partition coefficient (Wildman–Crippen LogP) is 2.80. The van der Waals surface area contributed by atoms with E-state index in [9.17, 15) is 20.4 Å². The third-order valence-corrected chi connectivity index (χ3v) is 10.6. The number of H-pyrrole nitrogens is 1. The van der Waals surface area contributed by atoms with Gasteiger partial charge in [-0.3, -0.25) is 4.99 Å². The molecule has 8 atom stereocenters. The summed E-state index contributed by atoms with van der Waals surface area (Å²) in [6.07, 6.45) is 7.38. The minimum absolute atomic E-state index is 0.0202. The Balaban J connectivity index is 1.40. The zero-order valence-corrected chi connectivity index (χ0v) is 24.4. The van der Waals surface area contributed by atoms with Crippen molar-refractivity contribution in [2.24, 2.45) is 28.2 Å². The Morgan fingerprint density at radius 3 is 2.81 bits per heavy atom. The molecule has 0 amide bonds. The van der Waals surface area contributed by atoms with Crippen LogP contribution in [0.2, 0.25) is 0 Å². The number of nitrogens with zero attached hydrogens (tertiary/aromatic N) is 1. The fraction of sp³-hybridized carbons (Fsp3) is 0.559. The molecule has 0 aliphatic heterocycles. The van der Waals surface area contributed by atoms with Crippen molar-refractivity contribution in [2.45, 2.75) is 74.7 Å². The summed E-state index contributed by atoms with van der Waals surface area (Å²) in [5.74, 6) is 6.85. The number of aliphatic hydroxyl groups is 4. The minimum Gasteiger partial charge on any atom is -0.396 e. The van der Waals surface area contributed by atoms with Crippen LogP contribution in [-0.2, 0) is 6.42 Å². The number of aromatic nitrogens is 1. The van der Waals surface area contributed by atoms with Gasteiger partial charge < -0.3 is 36.0 Å². The van der Waals surface area contributed by atoms with E-state index in [0.29, 0.717) is 57.5 Å². The van der Waals surface area contributed by atoms with E-state index in [-0.39, 0.29) is 30.8 Å². The molecule has 2 aromatic rings. The maximum absolute atomic E-state index is 12.4. The summed E-state index contributed by atoms with van der Waals surface area (Å²) in [5, 5.41) is 52.9. The number of aliphatic hydroxyl groups excluding tert-OH is 2. The Morgan fingerprint density at radius 2 is 2.02 bits per heavy atom. The number of para-hydroxylation sites is 1. The lowest BCUT2D eigenvalue weighted by molar-refractivity contribution is -0.106. The highest BCUT2D eigenvalue weighted by Gasteiger charge is 2.65. The van der Waals surface area contributed by atoms with Crippen LogP contribution in [0.4, 0.5) is 0 Å². The van der Waals surface area contributed by atoms with Crippen molar-refractivity contribution in [3.63, 3.8) is 0 Å². The summed E-state index contributed by atoms with van der Waals surface area (Å²) in [6, 6.07) is 9.95. The van der Waals surface area contributed by atoms with Crippen molar-refractivity contribution in [2.75, 3.05) is 20.2 Å². The standard InChI is InChI=1S/C34H44N4O4/c1-22(16-26-17-23-8-3-4-11-29(23)37-26)32-12-6-10-25(38-31(35-2)36-14-7-15-39)20-34(42)28(21-32)27(18-30(34)40)33(41)13-5-9-24(32)19-33/h3-5,8-9,11,17,24-25,27-28,30,37,39-42H,1,7,12-16,18-21H2,2H3,(H2,35,36,38). The van der Waals surface area contributed by atoms with Gasteiger partial charge in [0.05, 0.1) is 23.3 Å². The quantitative estimate of drug-likeness (QED) is 0.0898. The topological polar surface area (TPSA) is 133 Å². The third-order valence-electron chi connectivity index (χ3n) is 10.6. The maximum atomic E-state index is 12.4. The summed E-state index contributed by atoms with van der Waals surface area (Å²) in [7, 11) is 1.68. The lowest BCUT2D eigenvalue weighted by Gasteiger charge is -2.44. The molecule has 0 radical (unpaired) electrons. The summed E-state index contributed by atoms with van der Waals surface area (Å²) in [5.41, 5.74) is 0.282. The Bertz CT molecular complexity index is 1420. The number of fused-ring (bicyclic) bond motifs is 6. The number of aromatic amines is 1. The van der Waals surface area contributed by atoms with E-state index in [1.807, 2.05) is 12.1 Å². The lowest BCUT2D eigenvalue weighted by atomic mass is 9.60. The van der Waals surface area contributed by atoms with E-state index in [2.05, 4.69) is 62.8 Å². The van der Waals surface area contributed by atoms with Crippen LogP contribution in [0.15, 0.2) is 59.6 Å². The van der Waals surface area contributed by atoms with Gasteiger partial charge in [-0.1, -0.05) is 48.4 Å². The molecule has 8 heteroatoms. The van der Waals surface area contributed by atoms with Gasteiger partial charge in [0.1, 0.15) is 0 Å². The van der Waals surface area contributed by atoms with E-state index >= 15 is 0 Å². The Labute approximate surface area is 248 Å². The lowest BCUT2D eigenvalue weighted by Crippen LogP contribution is -2.53. The molecule has 4 aliphatic carbocycles. The molecule has 4 aliphatic rings. The molecule has 8 unspecified atom stereocenters. The summed E-state index contributed by atoms with van der Waals surface area (Å²) < 4.78 is 0. The van der Waals surface area contributed by atoms with Crippen LogP contribution in [0, 0.1) is 35.0 Å².